The summed E-state index contributed by atoms with van der Waals surface area (Å²) >= 11 is 1.30. The molecule has 0 unspecified atom stereocenters. The van der Waals surface area contributed by atoms with Gasteiger partial charge in [0.05, 0.1) is 15.1 Å². The summed E-state index contributed by atoms with van der Waals surface area (Å²) in [6.45, 7) is 0.975. The zero-order valence-electron chi connectivity index (χ0n) is 13.7. The second-order valence-electron chi connectivity index (χ2n) is 5.60. The van der Waals surface area contributed by atoms with Gasteiger partial charge in [-0.1, -0.05) is 23.5 Å². The van der Waals surface area contributed by atoms with Gasteiger partial charge in [-0.3, -0.25) is 14.9 Å². The quantitative estimate of drug-likeness (QED) is 0.510. The van der Waals surface area contributed by atoms with Crippen LogP contribution in [0.4, 0.5) is 5.69 Å². The van der Waals surface area contributed by atoms with Gasteiger partial charge in [0.1, 0.15) is 18.8 Å². The Bertz CT molecular complexity index is 1120. The summed E-state index contributed by atoms with van der Waals surface area (Å²) in [6.07, 6.45) is 0. The van der Waals surface area contributed by atoms with Gasteiger partial charge in [0.2, 0.25) is 0 Å². The number of benzene rings is 2. The molecule has 0 spiro atoms. The number of rotatable bonds is 2. The lowest BCUT2D eigenvalue weighted by atomic mass is 10.2. The van der Waals surface area contributed by atoms with Gasteiger partial charge in [-0.25, -0.2) is 0 Å². The lowest BCUT2D eigenvalue weighted by Gasteiger charge is -2.18. The summed E-state index contributed by atoms with van der Waals surface area (Å²) in [7, 11) is 1.78. The first kappa shape index (κ1) is 16.3. The Hall–Kier alpha value is -3.20. The average molecular weight is 371 g/mol. The van der Waals surface area contributed by atoms with Gasteiger partial charge in [0.15, 0.2) is 16.3 Å². The summed E-state index contributed by atoms with van der Waals surface area (Å²) in [6, 6.07) is 9.47. The van der Waals surface area contributed by atoms with Crippen molar-refractivity contribution in [3.8, 4) is 11.5 Å². The highest BCUT2D eigenvalue weighted by Gasteiger charge is 2.20. The molecule has 1 amide bonds. The van der Waals surface area contributed by atoms with E-state index in [2.05, 4.69) is 4.99 Å². The number of hydrogen-bond donors (Lipinski definition) is 0. The number of ether oxygens (including phenoxy) is 2. The topological polar surface area (TPSA) is 96.0 Å². The van der Waals surface area contributed by atoms with Crippen LogP contribution in [0.2, 0.25) is 0 Å². The van der Waals surface area contributed by atoms with E-state index < -0.39 is 10.8 Å². The SMILES string of the molecule is Cn1c(=NC(=O)c2ccccc2[N+](=O)[O-])sc2cc3c(cc21)OCCO3. The Morgan fingerprint density at radius 2 is 1.92 bits per heavy atom. The van der Waals surface area contributed by atoms with E-state index in [4.69, 9.17) is 9.47 Å². The van der Waals surface area contributed by atoms with E-state index in [0.717, 1.165) is 10.2 Å². The fourth-order valence-corrected chi connectivity index (χ4v) is 3.76. The number of fused-ring (bicyclic) bond motifs is 2. The van der Waals surface area contributed by atoms with Crippen LogP contribution in [0.3, 0.4) is 0 Å². The zero-order valence-corrected chi connectivity index (χ0v) is 14.5. The molecular formula is C17H13N3O5S. The molecule has 8 nitrogen and oxygen atoms in total. The van der Waals surface area contributed by atoms with Gasteiger partial charge >= 0.3 is 0 Å². The molecule has 26 heavy (non-hydrogen) atoms. The summed E-state index contributed by atoms with van der Waals surface area (Å²) in [5, 5.41) is 11.1. The number of nitro groups is 1. The third-order valence-corrected chi connectivity index (χ3v) is 5.10. The summed E-state index contributed by atoms with van der Waals surface area (Å²) in [4.78, 5) is 27.6. The van der Waals surface area contributed by atoms with Crippen LogP contribution in [0.25, 0.3) is 10.2 Å². The number of para-hydroxylation sites is 1. The number of nitro benzene ring substituents is 1. The molecule has 0 saturated heterocycles. The molecule has 0 saturated carbocycles. The Balaban J connectivity index is 1.83. The normalized spacial score (nSPS) is 13.8. The van der Waals surface area contributed by atoms with Crippen LogP contribution in [0.15, 0.2) is 41.4 Å². The smallest absolute Gasteiger partial charge is 0.286 e. The molecule has 0 radical (unpaired) electrons. The van der Waals surface area contributed by atoms with E-state index in [9.17, 15) is 14.9 Å². The highest BCUT2D eigenvalue weighted by Crippen LogP contribution is 2.35. The molecule has 9 heteroatoms. The lowest BCUT2D eigenvalue weighted by Crippen LogP contribution is -2.16. The number of aromatic nitrogens is 1. The fourth-order valence-electron chi connectivity index (χ4n) is 2.73. The number of carbonyl (C=O) groups is 1. The summed E-state index contributed by atoms with van der Waals surface area (Å²) in [5.74, 6) is 0.646. The largest absolute Gasteiger partial charge is 0.486 e. The highest BCUT2D eigenvalue weighted by atomic mass is 32.1. The van der Waals surface area contributed by atoms with Crippen molar-refractivity contribution in [3.63, 3.8) is 0 Å². The first-order valence-electron chi connectivity index (χ1n) is 7.76. The number of amides is 1. The second-order valence-corrected chi connectivity index (χ2v) is 6.61. The number of thiazole rings is 1. The van der Waals surface area contributed by atoms with Crippen LogP contribution >= 0.6 is 11.3 Å². The maximum absolute atomic E-state index is 12.5. The van der Waals surface area contributed by atoms with E-state index in [1.54, 1.807) is 17.7 Å². The summed E-state index contributed by atoms with van der Waals surface area (Å²) < 4.78 is 13.8. The van der Waals surface area contributed by atoms with Gasteiger partial charge < -0.3 is 14.0 Å². The molecule has 0 bridgehead atoms. The lowest BCUT2D eigenvalue weighted by molar-refractivity contribution is -0.385. The Morgan fingerprint density at radius 1 is 1.23 bits per heavy atom. The van der Waals surface area contributed by atoms with Gasteiger partial charge in [-0.05, 0) is 6.07 Å². The van der Waals surface area contributed by atoms with Crippen molar-refractivity contribution >= 4 is 33.1 Å². The maximum Gasteiger partial charge on any atom is 0.286 e. The molecule has 1 aliphatic heterocycles. The minimum absolute atomic E-state index is 0.0408. The van der Waals surface area contributed by atoms with Crippen LogP contribution in [-0.4, -0.2) is 28.6 Å². The van der Waals surface area contributed by atoms with E-state index >= 15 is 0 Å². The van der Waals surface area contributed by atoms with Crippen molar-refractivity contribution in [2.75, 3.05) is 13.2 Å². The van der Waals surface area contributed by atoms with Crippen LogP contribution in [-0.2, 0) is 7.05 Å². The molecular weight excluding hydrogens is 358 g/mol. The van der Waals surface area contributed by atoms with Crippen LogP contribution < -0.4 is 14.3 Å². The van der Waals surface area contributed by atoms with Crippen LogP contribution in [0.5, 0.6) is 11.5 Å². The van der Waals surface area contributed by atoms with Crippen molar-refractivity contribution in [3.05, 3.63) is 56.9 Å². The fraction of sp³-hybridized carbons (Fsp3) is 0.176. The van der Waals surface area contributed by atoms with Crippen molar-refractivity contribution in [2.45, 2.75) is 0 Å². The number of aryl methyl sites for hydroxylation is 1. The third kappa shape index (κ3) is 2.72. The van der Waals surface area contributed by atoms with Crippen molar-refractivity contribution in [2.24, 2.45) is 12.0 Å². The number of nitrogens with zero attached hydrogens (tertiary/aromatic N) is 3. The molecule has 2 aromatic carbocycles. The molecule has 1 aromatic heterocycles. The van der Waals surface area contributed by atoms with Crippen LogP contribution in [0.1, 0.15) is 10.4 Å². The van der Waals surface area contributed by atoms with Gasteiger partial charge in [0.25, 0.3) is 11.6 Å². The molecule has 0 atom stereocenters. The summed E-state index contributed by atoms with van der Waals surface area (Å²) in [5.41, 5.74) is 0.538. The van der Waals surface area contributed by atoms with E-state index in [1.807, 2.05) is 12.1 Å². The third-order valence-electron chi connectivity index (χ3n) is 4.00. The van der Waals surface area contributed by atoms with E-state index in [1.165, 1.54) is 29.5 Å². The standard InChI is InChI=1S/C17H13N3O5S/c1-19-12-8-13-14(25-7-6-24-13)9-15(12)26-17(19)18-16(21)10-4-2-3-5-11(10)20(22)23/h2-5,8-9H,6-7H2,1H3. The van der Waals surface area contributed by atoms with Crippen molar-refractivity contribution < 1.29 is 19.2 Å². The van der Waals surface area contributed by atoms with Crippen molar-refractivity contribution in [1.29, 1.82) is 0 Å². The monoisotopic (exact) mass is 371 g/mol. The average Bonchev–Trinajstić information content (AvgIpc) is 2.94. The minimum Gasteiger partial charge on any atom is -0.486 e. The Kier molecular flexibility index (Phi) is 3.92. The molecule has 2 heterocycles. The highest BCUT2D eigenvalue weighted by molar-refractivity contribution is 7.16. The molecule has 1 aliphatic rings. The number of hydrogen-bond acceptors (Lipinski definition) is 6. The van der Waals surface area contributed by atoms with Gasteiger partial charge in [-0.15, -0.1) is 0 Å². The number of carbonyl (C=O) groups excluding carboxylic acids is 1. The van der Waals surface area contributed by atoms with Gasteiger partial charge in [0, 0.05) is 25.2 Å². The van der Waals surface area contributed by atoms with Crippen molar-refractivity contribution in [1.82, 2.24) is 4.57 Å². The zero-order chi connectivity index (χ0) is 18.3. The Morgan fingerprint density at radius 3 is 2.65 bits per heavy atom. The molecule has 4 rings (SSSR count). The Labute approximate surface area is 151 Å². The van der Waals surface area contributed by atoms with E-state index in [0.29, 0.717) is 29.5 Å². The maximum atomic E-state index is 12.5. The molecule has 132 valence electrons. The second kappa shape index (κ2) is 6.26. The molecule has 0 N–H and O–H groups in total. The van der Waals surface area contributed by atoms with Gasteiger partial charge in [-0.2, -0.15) is 4.99 Å². The first-order valence-corrected chi connectivity index (χ1v) is 8.58. The molecule has 0 aliphatic carbocycles. The molecule has 0 fully saturated rings. The predicted octanol–water partition coefficient (Wildman–Crippen LogP) is 2.66. The first-order chi connectivity index (χ1) is 12.5. The molecule has 3 aromatic rings. The van der Waals surface area contributed by atoms with Crippen LogP contribution in [0, 0.1) is 10.1 Å². The predicted molar refractivity (Wildman–Crippen MR) is 94.8 cm³/mol. The van der Waals surface area contributed by atoms with E-state index in [-0.39, 0.29) is 11.3 Å². The minimum atomic E-state index is -0.656.